The van der Waals surface area contributed by atoms with Crippen LogP contribution < -0.4 is 16.0 Å². The maximum absolute atomic E-state index is 12.5. The Hall–Kier alpha value is -2.15. The van der Waals surface area contributed by atoms with Crippen LogP contribution >= 0.6 is 12.2 Å². The summed E-state index contributed by atoms with van der Waals surface area (Å²) in [7, 11) is 0. The van der Waals surface area contributed by atoms with Gasteiger partial charge in [-0.05, 0) is 30.1 Å². The largest absolute Gasteiger partial charge is 0.464 e. The van der Waals surface area contributed by atoms with Gasteiger partial charge in [0.1, 0.15) is 12.1 Å². The van der Waals surface area contributed by atoms with E-state index >= 15 is 0 Å². The number of benzene rings is 1. The van der Waals surface area contributed by atoms with Gasteiger partial charge in [0.2, 0.25) is 5.91 Å². The number of amides is 1. The molecule has 1 heterocycles. The standard InChI is InChI=1S/C18H25N3O3S/c1-12(2)10-15(16(22)20-14-8-9-24-17(14)23)21-18(25)19-11-13-6-4-3-5-7-13/h3-7,12,14-15H,8-11H2,1-2H3,(H,20,22)(H2,19,21,25)/t14-,15-/m0/s1. The fourth-order valence-corrected chi connectivity index (χ4v) is 2.80. The smallest absolute Gasteiger partial charge is 0.328 e. The first kappa shape index (κ1) is 19.2. The highest BCUT2D eigenvalue weighted by atomic mass is 32.1. The zero-order valence-corrected chi connectivity index (χ0v) is 15.4. The van der Waals surface area contributed by atoms with Crippen LogP contribution in [0.3, 0.4) is 0 Å². The summed E-state index contributed by atoms with van der Waals surface area (Å²) in [6, 6.07) is 8.82. The lowest BCUT2D eigenvalue weighted by atomic mass is 10.0. The molecule has 0 aliphatic carbocycles. The van der Waals surface area contributed by atoms with E-state index in [1.54, 1.807) is 0 Å². The molecule has 1 amide bonds. The zero-order chi connectivity index (χ0) is 18.2. The minimum absolute atomic E-state index is 0.235. The first-order valence-electron chi connectivity index (χ1n) is 8.51. The fourth-order valence-electron chi connectivity index (χ4n) is 2.59. The van der Waals surface area contributed by atoms with Crippen LogP contribution in [-0.2, 0) is 20.9 Å². The Labute approximate surface area is 153 Å². The van der Waals surface area contributed by atoms with E-state index in [9.17, 15) is 9.59 Å². The van der Waals surface area contributed by atoms with Crippen LogP contribution in [0.5, 0.6) is 0 Å². The third-order valence-electron chi connectivity index (χ3n) is 3.88. The molecule has 1 saturated heterocycles. The Kier molecular flexibility index (Phi) is 7.18. The Balaban J connectivity index is 1.88. The summed E-state index contributed by atoms with van der Waals surface area (Å²) >= 11 is 5.31. The van der Waals surface area contributed by atoms with Gasteiger partial charge in [0.25, 0.3) is 0 Å². The van der Waals surface area contributed by atoms with Gasteiger partial charge in [-0.3, -0.25) is 4.79 Å². The van der Waals surface area contributed by atoms with Crippen LogP contribution in [0.1, 0.15) is 32.3 Å². The predicted octanol–water partition coefficient (Wildman–Crippen LogP) is 1.50. The number of esters is 1. The lowest BCUT2D eigenvalue weighted by molar-refractivity contribution is -0.141. The van der Waals surface area contributed by atoms with Gasteiger partial charge in [0.05, 0.1) is 6.61 Å². The molecule has 1 fully saturated rings. The van der Waals surface area contributed by atoms with Crippen LogP contribution in [0.15, 0.2) is 30.3 Å². The molecule has 2 atom stereocenters. The Morgan fingerprint density at radius 3 is 2.64 bits per heavy atom. The normalized spacial score (nSPS) is 17.7. The number of nitrogens with one attached hydrogen (secondary N) is 3. The van der Waals surface area contributed by atoms with Gasteiger partial charge in [-0.15, -0.1) is 0 Å². The summed E-state index contributed by atoms with van der Waals surface area (Å²) in [5.74, 6) is -0.307. The number of rotatable bonds is 7. The number of ether oxygens (including phenoxy) is 1. The molecular weight excluding hydrogens is 338 g/mol. The number of carbonyl (C=O) groups excluding carboxylic acids is 2. The zero-order valence-electron chi connectivity index (χ0n) is 14.6. The predicted molar refractivity (Wildman–Crippen MR) is 99.8 cm³/mol. The first-order valence-corrected chi connectivity index (χ1v) is 8.92. The molecule has 6 nitrogen and oxygen atoms in total. The van der Waals surface area contributed by atoms with Gasteiger partial charge in [-0.25, -0.2) is 4.79 Å². The van der Waals surface area contributed by atoms with Crippen LogP contribution in [-0.4, -0.2) is 35.7 Å². The van der Waals surface area contributed by atoms with Crippen molar-refractivity contribution in [3.05, 3.63) is 35.9 Å². The van der Waals surface area contributed by atoms with E-state index in [-0.39, 0.29) is 11.9 Å². The number of cyclic esters (lactones) is 1. The summed E-state index contributed by atoms with van der Waals surface area (Å²) in [5, 5.41) is 9.34. The van der Waals surface area contributed by atoms with Gasteiger partial charge in [-0.2, -0.15) is 0 Å². The average molecular weight is 363 g/mol. The Morgan fingerprint density at radius 1 is 1.32 bits per heavy atom. The Bertz CT molecular complexity index is 607. The summed E-state index contributed by atoms with van der Waals surface area (Å²) in [5.41, 5.74) is 1.10. The molecule has 1 aliphatic heterocycles. The SMILES string of the molecule is CC(C)C[C@H](NC(=S)NCc1ccccc1)C(=O)N[C@H]1CCOC1=O. The second-order valence-electron chi connectivity index (χ2n) is 6.51. The first-order chi connectivity index (χ1) is 12.0. The minimum atomic E-state index is -0.560. The van der Waals surface area contributed by atoms with Crippen molar-refractivity contribution < 1.29 is 14.3 Å². The monoisotopic (exact) mass is 363 g/mol. The number of hydrogen-bond acceptors (Lipinski definition) is 4. The molecule has 25 heavy (non-hydrogen) atoms. The van der Waals surface area contributed by atoms with Crippen LogP contribution in [0.4, 0.5) is 0 Å². The maximum Gasteiger partial charge on any atom is 0.328 e. The highest BCUT2D eigenvalue weighted by Crippen LogP contribution is 2.09. The molecule has 1 aromatic carbocycles. The second kappa shape index (κ2) is 9.36. The second-order valence-corrected chi connectivity index (χ2v) is 6.92. The van der Waals surface area contributed by atoms with E-state index in [2.05, 4.69) is 16.0 Å². The van der Waals surface area contributed by atoms with E-state index in [1.165, 1.54) is 0 Å². The average Bonchev–Trinajstić information content (AvgIpc) is 2.98. The van der Waals surface area contributed by atoms with Crippen molar-refractivity contribution in [3.8, 4) is 0 Å². The fraction of sp³-hybridized carbons (Fsp3) is 0.500. The van der Waals surface area contributed by atoms with Gasteiger partial charge in [0, 0.05) is 13.0 Å². The maximum atomic E-state index is 12.5. The van der Waals surface area contributed by atoms with Crippen molar-refractivity contribution in [2.75, 3.05) is 6.61 Å². The molecule has 0 spiro atoms. The van der Waals surface area contributed by atoms with E-state index in [4.69, 9.17) is 17.0 Å². The third kappa shape index (κ3) is 6.34. The quantitative estimate of drug-likeness (QED) is 0.503. The van der Waals surface area contributed by atoms with Gasteiger partial charge in [-0.1, -0.05) is 44.2 Å². The number of carbonyl (C=O) groups is 2. The molecule has 0 saturated carbocycles. The van der Waals surface area contributed by atoms with Crippen LogP contribution in [0, 0.1) is 5.92 Å². The van der Waals surface area contributed by atoms with Gasteiger partial charge < -0.3 is 20.7 Å². The van der Waals surface area contributed by atoms with E-state index in [0.717, 1.165) is 5.56 Å². The van der Waals surface area contributed by atoms with Gasteiger partial charge >= 0.3 is 5.97 Å². The molecule has 7 heteroatoms. The Morgan fingerprint density at radius 2 is 2.04 bits per heavy atom. The highest BCUT2D eigenvalue weighted by Gasteiger charge is 2.31. The van der Waals surface area contributed by atoms with Crippen molar-refractivity contribution in [3.63, 3.8) is 0 Å². The van der Waals surface area contributed by atoms with Crippen molar-refractivity contribution in [2.24, 2.45) is 5.92 Å². The topological polar surface area (TPSA) is 79.5 Å². The highest BCUT2D eigenvalue weighted by molar-refractivity contribution is 7.80. The molecular formula is C18H25N3O3S. The number of hydrogen-bond donors (Lipinski definition) is 3. The molecule has 0 radical (unpaired) electrons. The van der Waals surface area contributed by atoms with E-state index < -0.39 is 12.1 Å². The summed E-state index contributed by atoms with van der Waals surface area (Å²) in [6.07, 6.45) is 1.12. The van der Waals surface area contributed by atoms with Crippen LogP contribution in [0.25, 0.3) is 0 Å². The minimum Gasteiger partial charge on any atom is -0.464 e. The van der Waals surface area contributed by atoms with E-state index in [1.807, 2.05) is 44.2 Å². The van der Waals surface area contributed by atoms with Crippen molar-refractivity contribution >= 4 is 29.2 Å². The molecule has 0 unspecified atom stereocenters. The summed E-state index contributed by atoms with van der Waals surface area (Å²) < 4.78 is 4.88. The van der Waals surface area contributed by atoms with Gasteiger partial charge in [0.15, 0.2) is 5.11 Å². The van der Waals surface area contributed by atoms with Crippen molar-refractivity contribution in [1.29, 1.82) is 0 Å². The molecule has 1 aromatic rings. The molecule has 0 bridgehead atoms. The summed E-state index contributed by atoms with van der Waals surface area (Å²) in [6.45, 7) is 5.00. The third-order valence-corrected chi connectivity index (χ3v) is 4.14. The van der Waals surface area contributed by atoms with Crippen molar-refractivity contribution in [1.82, 2.24) is 16.0 Å². The molecule has 1 aliphatic rings. The lowest BCUT2D eigenvalue weighted by Crippen LogP contribution is -2.53. The van der Waals surface area contributed by atoms with E-state index in [0.29, 0.717) is 37.0 Å². The molecule has 0 aromatic heterocycles. The lowest BCUT2D eigenvalue weighted by Gasteiger charge is -2.23. The summed E-state index contributed by atoms with van der Waals surface area (Å²) in [4.78, 5) is 24.1. The molecule has 2 rings (SSSR count). The molecule has 3 N–H and O–H groups in total. The molecule has 136 valence electrons. The number of thiocarbonyl (C=S) groups is 1. The van der Waals surface area contributed by atoms with Crippen molar-refractivity contribution in [2.45, 2.75) is 45.3 Å². The van der Waals surface area contributed by atoms with Crippen LogP contribution in [0.2, 0.25) is 0 Å².